The SMILES string of the molecule is CCCC1CCN(Cc2cc(Br)c(O)c(OCC)c2)CC1. The molecule has 0 spiro atoms. The maximum atomic E-state index is 9.97. The van der Waals surface area contributed by atoms with E-state index in [1.807, 2.05) is 19.1 Å². The number of halogens is 1. The third-order valence-electron chi connectivity index (χ3n) is 4.20. The molecule has 0 unspecified atom stereocenters. The molecule has 1 aliphatic heterocycles. The maximum absolute atomic E-state index is 9.97. The van der Waals surface area contributed by atoms with Crippen molar-refractivity contribution in [1.82, 2.24) is 4.90 Å². The lowest BCUT2D eigenvalue weighted by molar-refractivity contribution is 0.171. The van der Waals surface area contributed by atoms with Gasteiger partial charge >= 0.3 is 0 Å². The molecular formula is C17H26BrNO2. The average Bonchev–Trinajstić information content (AvgIpc) is 2.47. The van der Waals surface area contributed by atoms with Crippen LogP contribution in [0.3, 0.4) is 0 Å². The lowest BCUT2D eigenvalue weighted by atomic mass is 9.92. The Balaban J connectivity index is 1.97. The number of hydrogen-bond donors (Lipinski definition) is 1. The molecule has 0 amide bonds. The number of ether oxygens (including phenoxy) is 1. The average molecular weight is 356 g/mol. The maximum Gasteiger partial charge on any atom is 0.172 e. The zero-order chi connectivity index (χ0) is 15.2. The number of likely N-dealkylation sites (tertiary alicyclic amines) is 1. The predicted molar refractivity (Wildman–Crippen MR) is 89.9 cm³/mol. The monoisotopic (exact) mass is 355 g/mol. The molecule has 0 saturated carbocycles. The van der Waals surface area contributed by atoms with Crippen molar-refractivity contribution < 1.29 is 9.84 Å². The zero-order valence-electron chi connectivity index (χ0n) is 13.1. The van der Waals surface area contributed by atoms with Crippen molar-refractivity contribution in [2.24, 2.45) is 5.92 Å². The molecular weight excluding hydrogens is 330 g/mol. The molecule has 0 radical (unpaired) electrons. The van der Waals surface area contributed by atoms with Gasteiger partial charge in [0.25, 0.3) is 0 Å². The Bertz CT molecular complexity index is 456. The Labute approximate surface area is 136 Å². The van der Waals surface area contributed by atoms with Crippen molar-refractivity contribution >= 4 is 15.9 Å². The lowest BCUT2D eigenvalue weighted by Gasteiger charge is -2.32. The molecule has 0 bridgehead atoms. The van der Waals surface area contributed by atoms with Gasteiger partial charge in [-0.05, 0) is 72.4 Å². The highest BCUT2D eigenvalue weighted by Gasteiger charge is 2.19. The predicted octanol–water partition coefficient (Wildman–Crippen LogP) is 4.57. The van der Waals surface area contributed by atoms with Crippen molar-refractivity contribution in [3.8, 4) is 11.5 Å². The van der Waals surface area contributed by atoms with E-state index < -0.39 is 0 Å². The van der Waals surface area contributed by atoms with Crippen molar-refractivity contribution in [2.45, 2.75) is 46.1 Å². The summed E-state index contributed by atoms with van der Waals surface area (Å²) in [5, 5.41) is 9.97. The molecule has 21 heavy (non-hydrogen) atoms. The summed E-state index contributed by atoms with van der Waals surface area (Å²) in [5.41, 5.74) is 1.19. The first-order valence-electron chi connectivity index (χ1n) is 8.00. The standard InChI is InChI=1S/C17H26BrNO2/c1-3-5-13-6-8-19(9-7-13)12-14-10-15(18)17(20)16(11-14)21-4-2/h10-11,13,20H,3-9,12H2,1-2H3. The van der Waals surface area contributed by atoms with Gasteiger partial charge in [0.15, 0.2) is 11.5 Å². The van der Waals surface area contributed by atoms with E-state index in [-0.39, 0.29) is 5.75 Å². The van der Waals surface area contributed by atoms with Crippen LogP contribution < -0.4 is 4.74 Å². The second kappa shape index (κ2) is 8.04. The van der Waals surface area contributed by atoms with Gasteiger partial charge in [-0.25, -0.2) is 0 Å². The highest BCUT2D eigenvalue weighted by Crippen LogP contribution is 2.36. The topological polar surface area (TPSA) is 32.7 Å². The summed E-state index contributed by atoms with van der Waals surface area (Å²) in [6.07, 6.45) is 5.29. The Kier molecular flexibility index (Phi) is 6.37. The number of rotatable bonds is 6. The van der Waals surface area contributed by atoms with Crippen molar-refractivity contribution in [2.75, 3.05) is 19.7 Å². The summed E-state index contributed by atoms with van der Waals surface area (Å²) in [4.78, 5) is 2.50. The van der Waals surface area contributed by atoms with Gasteiger partial charge in [-0.2, -0.15) is 0 Å². The van der Waals surface area contributed by atoms with Gasteiger partial charge in [-0.1, -0.05) is 19.8 Å². The van der Waals surface area contributed by atoms with E-state index in [4.69, 9.17) is 4.74 Å². The van der Waals surface area contributed by atoms with Crippen molar-refractivity contribution in [1.29, 1.82) is 0 Å². The number of phenols is 1. The molecule has 0 atom stereocenters. The molecule has 118 valence electrons. The van der Waals surface area contributed by atoms with Crippen LogP contribution in [0.4, 0.5) is 0 Å². The zero-order valence-corrected chi connectivity index (χ0v) is 14.7. The summed E-state index contributed by atoms with van der Waals surface area (Å²) in [6, 6.07) is 3.96. The summed E-state index contributed by atoms with van der Waals surface area (Å²) in [5.74, 6) is 1.68. The molecule has 1 aromatic carbocycles. The second-order valence-electron chi connectivity index (χ2n) is 5.87. The smallest absolute Gasteiger partial charge is 0.172 e. The minimum Gasteiger partial charge on any atom is -0.503 e. The number of hydrogen-bond acceptors (Lipinski definition) is 3. The molecule has 0 aromatic heterocycles. The highest BCUT2D eigenvalue weighted by atomic mass is 79.9. The first-order valence-corrected chi connectivity index (χ1v) is 8.79. The molecule has 1 aromatic rings. The van der Waals surface area contributed by atoms with Crippen LogP contribution in [0.15, 0.2) is 16.6 Å². The van der Waals surface area contributed by atoms with Gasteiger partial charge in [-0.15, -0.1) is 0 Å². The Morgan fingerprint density at radius 1 is 1.29 bits per heavy atom. The van der Waals surface area contributed by atoms with Crippen LogP contribution in [0.1, 0.15) is 45.1 Å². The fourth-order valence-electron chi connectivity index (χ4n) is 3.08. The number of piperidine rings is 1. The first kappa shape index (κ1) is 16.6. The van der Waals surface area contributed by atoms with Crippen LogP contribution in [-0.2, 0) is 6.54 Å². The van der Waals surface area contributed by atoms with Crippen LogP contribution in [0.5, 0.6) is 11.5 Å². The Morgan fingerprint density at radius 2 is 2.00 bits per heavy atom. The van der Waals surface area contributed by atoms with E-state index in [2.05, 4.69) is 27.8 Å². The van der Waals surface area contributed by atoms with Crippen LogP contribution >= 0.6 is 15.9 Å². The van der Waals surface area contributed by atoms with Crippen molar-refractivity contribution in [3.05, 3.63) is 22.2 Å². The fourth-order valence-corrected chi connectivity index (χ4v) is 3.57. The number of aromatic hydroxyl groups is 1. The van der Waals surface area contributed by atoms with E-state index >= 15 is 0 Å². The Morgan fingerprint density at radius 3 is 2.62 bits per heavy atom. The normalized spacial score (nSPS) is 17.1. The largest absolute Gasteiger partial charge is 0.503 e. The number of nitrogens with zero attached hydrogens (tertiary/aromatic N) is 1. The van der Waals surface area contributed by atoms with E-state index in [0.717, 1.165) is 12.5 Å². The van der Waals surface area contributed by atoms with Gasteiger partial charge in [0.1, 0.15) is 0 Å². The molecule has 3 nitrogen and oxygen atoms in total. The van der Waals surface area contributed by atoms with Crippen LogP contribution in [0.2, 0.25) is 0 Å². The van der Waals surface area contributed by atoms with Gasteiger partial charge in [0.05, 0.1) is 11.1 Å². The molecule has 0 aliphatic carbocycles. The van der Waals surface area contributed by atoms with E-state index in [1.165, 1.54) is 44.3 Å². The summed E-state index contributed by atoms with van der Waals surface area (Å²) >= 11 is 3.41. The summed E-state index contributed by atoms with van der Waals surface area (Å²) in [6.45, 7) is 8.04. The molecule has 1 N–H and O–H groups in total. The number of phenolic OH excluding ortho intramolecular Hbond substituents is 1. The number of benzene rings is 1. The third kappa shape index (κ3) is 4.62. The molecule has 1 fully saturated rings. The van der Waals surface area contributed by atoms with E-state index in [9.17, 15) is 5.11 Å². The van der Waals surface area contributed by atoms with Crippen molar-refractivity contribution in [3.63, 3.8) is 0 Å². The van der Waals surface area contributed by atoms with E-state index in [0.29, 0.717) is 16.8 Å². The molecule has 2 rings (SSSR count). The van der Waals surface area contributed by atoms with Gasteiger partial charge < -0.3 is 9.84 Å². The van der Waals surface area contributed by atoms with Crippen LogP contribution in [-0.4, -0.2) is 29.7 Å². The fraction of sp³-hybridized carbons (Fsp3) is 0.647. The van der Waals surface area contributed by atoms with Gasteiger partial charge in [0.2, 0.25) is 0 Å². The molecule has 4 heteroatoms. The highest BCUT2D eigenvalue weighted by molar-refractivity contribution is 9.10. The van der Waals surface area contributed by atoms with Gasteiger partial charge in [-0.3, -0.25) is 4.90 Å². The molecule has 1 heterocycles. The lowest BCUT2D eigenvalue weighted by Crippen LogP contribution is -2.33. The van der Waals surface area contributed by atoms with Crippen LogP contribution in [0, 0.1) is 5.92 Å². The molecule has 1 saturated heterocycles. The second-order valence-corrected chi connectivity index (χ2v) is 6.72. The third-order valence-corrected chi connectivity index (χ3v) is 4.80. The quantitative estimate of drug-likeness (QED) is 0.811. The minimum absolute atomic E-state index is 0.197. The summed E-state index contributed by atoms with van der Waals surface area (Å²) < 4.78 is 6.21. The molecule has 1 aliphatic rings. The summed E-state index contributed by atoms with van der Waals surface area (Å²) in [7, 11) is 0. The van der Waals surface area contributed by atoms with Gasteiger partial charge in [0, 0.05) is 6.54 Å². The van der Waals surface area contributed by atoms with Crippen LogP contribution in [0.25, 0.3) is 0 Å². The Hall–Kier alpha value is -0.740. The first-order chi connectivity index (χ1) is 10.1. The minimum atomic E-state index is 0.197. The van der Waals surface area contributed by atoms with E-state index in [1.54, 1.807) is 0 Å².